The number of hydrogen-bond acceptors (Lipinski definition) is 3. The number of fused-ring (bicyclic) bond motifs is 1. The standard InChI is InChI=1S/C13H14F2N4O/c14-13(15,9-4-5-16-7-9)12(20)18-10-3-1-2-8-6-17-19-11(8)10/h1-3,6,9,16H,4-5,7H2,(H,17,19)(H,18,20). The number of alkyl halides is 2. The van der Waals surface area contributed by atoms with Crippen LogP contribution in [-0.2, 0) is 4.79 Å². The second-order valence-electron chi connectivity index (χ2n) is 4.91. The highest BCUT2D eigenvalue weighted by Crippen LogP contribution is 2.31. The van der Waals surface area contributed by atoms with Crippen molar-refractivity contribution in [3.05, 3.63) is 24.4 Å². The third kappa shape index (κ3) is 2.14. The van der Waals surface area contributed by atoms with Gasteiger partial charge in [0.15, 0.2) is 0 Å². The van der Waals surface area contributed by atoms with Crippen LogP contribution in [-0.4, -0.2) is 35.1 Å². The SMILES string of the molecule is O=C(Nc1cccc2cn[nH]c12)C(F)(F)C1CCNC1. The second kappa shape index (κ2) is 4.82. The fourth-order valence-electron chi connectivity index (χ4n) is 2.43. The molecular formula is C13H14F2N4O. The van der Waals surface area contributed by atoms with Crippen LogP contribution in [0.4, 0.5) is 14.5 Å². The minimum absolute atomic E-state index is 0.161. The summed E-state index contributed by atoms with van der Waals surface area (Å²) in [6.07, 6.45) is 1.87. The molecule has 0 bridgehead atoms. The van der Waals surface area contributed by atoms with Gasteiger partial charge in [0.25, 0.3) is 5.91 Å². The number of rotatable bonds is 3. The number of hydrogen-bond donors (Lipinski definition) is 3. The van der Waals surface area contributed by atoms with Gasteiger partial charge < -0.3 is 10.6 Å². The highest BCUT2D eigenvalue weighted by Gasteiger charge is 2.48. The van der Waals surface area contributed by atoms with E-state index in [1.165, 1.54) is 0 Å². The molecule has 20 heavy (non-hydrogen) atoms. The summed E-state index contributed by atoms with van der Waals surface area (Å²) in [7, 11) is 0. The van der Waals surface area contributed by atoms with Gasteiger partial charge in [0, 0.05) is 17.8 Å². The number of carbonyl (C=O) groups is 1. The lowest BCUT2D eigenvalue weighted by molar-refractivity contribution is -0.146. The molecule has 1 saturated heterocycles. The molecule has 2 aromatic rings. The van der Waals surface area contributed by atoms with Crippen molar-refractivity contribution in [3.63, 3.8) is 0 Å². The Morgan fingerprint density at radius 1 is 1.45 bits per heavy atom. The number of H-pyrrole nitrogens is 1. The van der Waals surface area contributed by atoms with Gasteiger partial charge in [-0.05, 0) is 19.0 Å². The molecule has 0 saturated carbocycles. The number of carbonyl (C=O) groups excluding carboxylic acids is 1. The van der Waals surface area contributed by atoms with Gasteiger partial charge in [-0.15, -0.1) is 0 Å². The van der Waals surface area contributed by atoms with Crippen molar-refractivity contribution < 1.29 is 13.6 Å². The quantitative estimate of drug-likeness (QED) is 0.802. The summed E-state index contributed by atoms with van der Waals surface area (Å²) >= 11 is 0. The molecular weight excluding hydrogens is 266 g/mol. The van der Waals surface area contributed by atoms with E-state index < -0.39 is 17.7 Å². The molecule has 2 heterocycles. The largest absolute Gasteiger partial charge is 0.328 e. The van der Waals surface area contributed by atoms with Crippen molar-refractivity contribution in [1.29, 1.82) is 0 Å². The highest BCUT2D eigenvalue weighted by molar-refractivity contribution is 6.03. The third-order valence-corrected chi connectivity index (χ3v) is 3.60. The number of nitrogens with one attached hydrogen (secondary N) is 3. The Labute approximate surface area is 113 Å². The Kier molecular flexibility index (Phi) is 3.13. The molecule has 3 rings (SSSR count). The number of anilines is 1. The fraction of sp³-hybridized carbons (Fsp3) is 0.385. The average molecular weight is 280 g/mol. The van der Waals surface area contributed by atoms with E-state index in [1.807, 2.05) is 0 Å². The molecule has 1 aliphatic heterocycles. The normalized spacial score (nSPS) is 19.4. The zero-order valence-electron chi connectivity index (χ0n) is 10.6. The molecule has 1 fully saturated rings. The molecule has 5 nitrogen and oxygen atoms in total. The Hall–Kier alpha value is -2.02. The predicted octanol–water partition coefficient (Wildman–Crippen LogP) is 1.75. The van der Waals surface area contributed by atoms with Gasteiger partial charge in [0.2, 0.25) is 0 Å². The van der Waals surface area contributed by atoms with E-state index in [4.69, 9.17) is 0 Å². The molecule has 1 atom stereocenters. The van der Waals surface area contributed by atoms with Crippen molar-refractivity contribution in [2.75, 3.05) is 18.4 Å². The van der Waals surface area contributed by atoms with Gasteiger partial charge in [0.1, 0.15) is 0 Å². The summed E-state index contributed by atoms with van der Waals surface area (Å²) in [5.74, 6) is -5.61. The van der Waals surface area contributed by atoms with Crippen molar-refractivity contribution in [1.82, 2.24) is 15.5 Å². The van der Waals surface area contributed by atoms with E-state index in [1.54, 1.807) is 24.4 Å². The molecule has 106 valence electrons. The summed E-state index contributed by atoms with van der Waals surface area (Å²) in [5.41, 5.74) is 0.858. The van der Waals surface area contributed by atoms with Crippen molar-refractivity contribution in [2.24, 2.45) is 5.92 Å². The van der Waals surface area contributed by atoms with Crippen molar-refractivity contribution >= 4 is 22.5 Å². The van der Waals surface area contributed by atoms with Crippen LogP contribution < -0.4 is 10.6 Å². The Bertz CT molecular complexity index is 634. The minimum Gasteiger partial charge on any atom is -0.319 e. The molecule has 1 aliphatic rings. The zero-order valence-corrected chi connectivity index (χ0v) is 10.6. The predicted molar refractivity (Wildman–Crippen MR) is 70.6 cm³/mol. The smallest absolute Gasteiger partial charge is 0.319 e. The summed E-state index contributed by atoms with van der Waals surface area (Å²) in [4.78, 5) is 11.9. The molecule has 1 aromatic heterocycles. The number of amides is 1. The summed E-state index contributed by atoms with van der Waals surface area (Å²) in [5, 5.41) is 12.4. The van der Waals surface area contributed by atoms with Crippen LogP contribution >= 0.6 is 0 Å². The van der Waals surface area contributed by atoms with Crippen molar-refractivity contribution in [2.45, 2.75) is 12.3 Å². The molecule has 0 radical (unpaired) electrons. The second-order valence-corrected chi connectivity index (χ2v) is 4.91. The third-order valence-electron chi connectivity index (χ3n) is 3.60. The maximum Gasteiger partial charge on any atom is 0.328 e. The van der Waals surface area contributed by atoms with Gasteiger partial charge in [0.05, 0.1) is 17.4 Å². The van der Waals surface area contributed by atoms with Crippen LogP contribution in [0.15, 0.2) is 24.4 Å². The van der Waals surface area contributed by atoms with Crippen LogP contribution in [0.2, 0.25) is 0 Å². The van der Waals surface area contributed by atoms with Gasteiger partial charge in [-0.3, -0.25) is 9.89 Å². The fourth-order valence-corrected chi connectivity index (χ4v) is 2.43. The zero-order chi connectivity index (χ0) is 14.2. The van der Waals surface area contributed by atoms with Crippen LogP contribution in [0.3, 0.4) is 0 Å². The van der Waals surface area contributed by atoms with E-state index in [9.17, 15) is 13.6 Å². The van der Waals surface area contributed by atoms with E-state index in [-0.39, 0.29) is 6.54 Å². The maximum atomic E-state index is 14.1. The first kappa shape index (κ1) is 13.0. The molecule has 0 aliphatic carbocycles. The van der Waals surface area contributed by atoms with Gasteiger partial charge in [-0.1, -0.05) is 12.1 Å². The summed E-state index contributed by atoms with van der Waals surface area (Å²) in [6.45, 7) is 0.679. The highest BCUT2D eigenvalue weighted by atomic mass is 19.3. The molecule has 1 amide bonds. The first-order valence-electron chi connectivity index (χ1n) is 6.41. The number of para-hydroxylation sites is 1. The minimum atomic E-state index is -3.38. The van der Waals surface area contributed by atoms with E-state index >= 15 is 0 Å². The van der Waals surface area contributed by atoms with Gasteiger partial charge in [-0.2, -0.15) is 13.9 Å². The average Bonchev–Trinajstić information content (AvgIpc) is 3.10. The number of aromatic nitrogens is 2. The van der Waals surface area contributed by atoms with Crippen LogP contribution in [0, 0.1) is 5.92 Å². The number of halogens is 2. The maximum absolute atomic E-state index is 14.1. The van der Waals surface area contributed by atoms with Crippen molar-refractivity contribution in [3.8, 4) is 0 Å². The Morgan fingerprint density at radius 3 is 3.05 bits per heavy atom. The molecule has 1 unspecified atom stereocenters. The molecule has 1 aromatic carbocycles. The molecule has 7 heteroatoms. The van der Waals surface area contributed by atoms with E-state index in [0.29, 0.717) is 24.2 Å². The topological polar surface area (TPSA) is 69.8 Å². The summed E-state index contributed by atoms with van der Waals surface area (Å²) in [6, 6.07) is 5.04. The van der Waals surface area contributed by atoms with Gasteiger partial charge >= 0.3 is 5.92 Å². The lowest BCUT2D eigenvalue weighted by Crippen LogP contribution is -2.42. The monoisotopic (exact) mass is 280 g/mol. The Morgan fingerprint density at radius 2 is 2.30 bits per heavy atom. The number of aromatic amines is 1. The van der Waals surface area contributed by atoms with Crippen LogP contribution in [0.25, 0.3) is 10.9 Å². The van der Waals surface area contributed by atoms with Crippen LogP contribution in [0.1, 0.15) is 6.42 Å². The van der Waals surface area contributed by atoms with E-state index in [2.05, 4.69) is 20.8 Å². The number of benzene rings is 1. The lowest BCUT2D eigenvalue weighted by Gasteiger charge is -2.21. The summed E-state index contributed by atoms with van der Waals surface area (Å²) < 4.78 is 28.1. The number of nitrogens with zero attached hydrogens (tertiary/aromatic N) is 1. The lowest BCUT2D eigenvalue weighted by atomic mass is 10.00. The van der Waals surface area contributed by atoms with E-state index in [0.717, 1.165) is 5.39 Å². The first-order chi connectivity index (χ1) is 9.59. The molecule has 3 N–H and O–H groups in total. The Balaban J connectivity index is 1.83. The van der Waals surface area contributed by atoms with Crippen LogP contribution in [0.5, 0.6) is 0 Å². The van der Waals surface area contributed by atoms with Gasteiger partial charge in [-0.25, -0.2) is 0 Å². The first-order valence-corrected chi connectivity index (χ1v) is 6.41. The molecule has 0 spiro atoms.